The van der Waals surface area contributed by atoms with Crippen molar-refractivity contribution in [2.24, 2.45) is 7.05 Å². The SMILES string of the molecule is Cn1ncc2c(F)c(C(=O)Nc3ccc4[nH]nc(-c5ncco5)c4c3)c(F)cc21. The smallest absolute Gasteiger partial charge is 0.261 e. The van der Waals surface area contributed by atoms with E-state index >= 15 is 0 Å². The van der Waals surface area contributed by atoms with Gasteiger partial charge in [-0.1, -0.05) is 0 Å². The molecule has 0 atom stereocenters. The summed E-state index contributed by atoms with van der Waals surface area (Å²) in [4.78, 5) is 16.7. The van der Waals surface area contributed by atoms with Crippen LogP contribution in [0.1, 0.15) is 10.4 Å². The van der Waals surface area contributed by atoms with E-state index in [9.17, 15) is 13.6 Å². The zero-order chi connectivity index (χ0) is 20.1. The Morgan fingerprint density at radius 2 is 2.10 bits per heavy atom. The quantitative estimate of drug-likeness (QED) is 0.487. The largest absolute Gasteiger partial charge is 0.443 e. The Hall–Kier alpha value is -4.08. The molecular formula is C19H12F2N6O2. The van der Waals surface area contributed by atoms with Crippen LogP contribution in [0.5, 0.6) is 0 Å². The lowest BCUT2D eigenvalue weighted by atomic mass is 10.1. The van der Waals surface area contributed by atoms with E-state index in [2.05, 4.69) is 25.6 Å². The second-order valence-corrected chi connectivity index (χ2v) is 6.37. The minimum absolute atomic E-state index is 0.0653. The number of benzene rings is 2. The first-order valence-electron chi connectivity index (χ1n) is 8.52. The summed E-state index contributed by atoms with van der Waals surface area (Å²) in [7, 11) is 1.56. The van der Waals surface area contributed by atoms with Gasteiger partial charge in [0, 0.05) is 24.2 Å². The van der Waals surface area contributed by atoms with Gasteiger partial charge in [-0.25, -0.2) is 13.8 Å². The van der Waals surface area contributed by atoms with Crippen molar-refractivity contribution in [2.75, 3.05) is 5.32 Å². The second-order valence-electron chi connectivity index (χ2n) is 6.37. The number of amides is 1. The number of halogens is 2. The molecule has 10 heteroatoms. The van der Waals surface area contributed by atoms with Gasteiger partial charge >= 0.3 is 0 Å². The van der Waals surface area contributed by atoms with Gasteiger partial charge in [-0.3, -0.25) is 14.6 Å². The molecule has 0 unspecified atom stereocenters. The molecule has 8 nitrogen and oxygen atoms in total. The number of hydrogen-bond donors (Lipinski definition) is 2. The lowest BCUT2D eigenvalue weighted by Crippen LogP contribution is -2.16. The van der Waals surface area contributed by atoms with E-state index in [1.54, 1.807) is 25.2 Å². The number of aromatic amines is 1. The molecule has 144 valence electrons. The summed E-state index contributed by atoms with van der Waals surface area (Å²) in [5.74, 6) is -2.54. The van der Waals surface area contributed by atoms with Gasteiger partial charge in [0.25, 0.3) is 5.91 Å². The highest BCUT2D eigenvalue weighted by molar-refractivity contribution is 6.08. The van der Waals surface area contributed by atoms with Crippen molar-refractivity contribution in [1.82, 2.24) is 25.0 Å². The number of H-pyrrole nitrogens is 1. The predicted octanol–water partition coefficient (Wildman–Crippen LogP) is 3.64. The summed E-state index contributed by atoms with van der Waals surface area (Å²) in [6, 6.07) is 5.98. The molecule has 5 aromatic rings. The number of rotatable bonds is 3. The third-order valence-electron chi connectivity index (χ3n) is 4.63. The fraction of sp³-hybridized carbons (Fsp3) is 0.0526. The van der Waals surface area contributed by atoms with E-state index in [4.69, 9.17) is 4.42 Å². The fourth-order valence-corrected chi connectivity index (χ4v) is 3.22. The van der Waals surface area contributed by atoms with Gasteiger partial charge in [0.15, 0.2) is 5.69 Å². The summed E-state index contributed by atoms with van der Waals surface area (Å²) >= 11 is 0. The van der Waals surface area contributed by atoms with Gasteiger partial charge in [-0.2, -0.15) is 10.2 Å². The third kappa shape index (κ3) is 2.64. The minimum atomic E-state index is -0.971. The van der Waals surface area contributed by atoms with Gasteiger partial charge in [-0.05, 0) is 18.2 Å². The topological polar surface area (TPSA) is 102 Å². The molecule has 3 aromatic heterocycles. The zero-order valence-corrected chi connectivity index (χ0v) is 14.9. The average Bonchev–Trinajstić information content (AvgIpc) is 3.42. The summed E-state index contributed by atoms with van der Waals surface area (Å²) in [6.45, 7) is 0. The van der Waals surface area contributed by atoms with Crippen LogP contribution in [-0.2, 0) is 7.05 Å². The Morgan fingerprint density at radius 1 is 1.24 bits per heavy atom. The van der Waals surface area contributed by atoms with Crippen molar-refractivity contribution in [1.29, 1.82) is 0 Å². The van der Waals surface area contributed by atoms with Gasteiger partial charge < -0.3 is 9.73 Å². The van der Waals surface area contributed by atoms with Crippen LogP contribution in [0.2, 0.25) is 0 Å². The highest BCUT2D eigenvalue weighted by Crippen LogP contribution is 2.29. The molecule has 0 fully saturated rings. The fourth-order valence-electron chi connectivity index (χ4n) is 3.22. The van der Waals surface area contributed by atoms with Gasteiger partial charge in [-0.15, -0.1) is 0 Å². The molecule has 0 aliphatic heterocycles. The Labute approximate surface area is 161 Å². The summed E-state index contributed by atoms with van der Waals surface area (Å²) in [6.07, 6.45) is 4.16. The molecule has 0 aliphatic carbocycles. The first kappa shape index (κ1) is 17.0. The van der Waals surface area contributed by atoms with Crippen molar-refractivity contribution in [3.8, 4) is 11.6 Å². The predicted molar refractivity (Wildman–Crippen MR) is 100 cm³/mol. The summed E-state index contributed by atoms with van der Waals surface area (Å²) in [5, 5.41) is 14.1. The maximum absolute atomic E-state index is 14.8. The van der Waals surface area contributed by atoms with Crippen LogP contribution in [0.25, 0.3) is 33.4 Å². The molecule has 0 aliphatic rings. The molecule has 2 N–H and O–H groups in total. The van der Waals surface area contributed by atoms with E-state index in [-0.39, 0.29) is 10.9 Å². The Bertz CT molecular complexity index is 1390. The Morgan fingerprint density at radius 3 is 2.90 bits per heavy atom. The normalized spacial score (nSPS) is 11.4. The van der Waals surface area contributed by atoms with Crippen molar-refractivity contribution in [3.05, 3.63) is 60.1 Å². The average molecular weight is 394 g/mol. The number of hydrogen-bond acceptors (Lipinski definition) is 5. The first-order chi connectivity index (χ1) is 14.0. The molecule has 0 spiro atoms. The van der Waals surface area contributed by atoms with E-state index in [0.29, 0.717) is 28.2 Å². The molecule has 0 saturated heterocycles. The van der Waals surface area contributed by atoms with Crippen LogP contribution in [0.4, 0.5) is 14.5 Å². The highest BCUT2D eigenvalue weighted by Gasteiger charge is 2.22. The molecule has 3 heterocycles. The number of carbonyl (C=O) groups is 1. The number of oxazole rings is 1. The lowest BCUT2D eigenvalue weighted by molar-refractivity contribution is 0.101. The Balaban J connectivity index is 1.53. The summed E-state index contributed by atoms with van der Waals surface area (Å²) in [5.41, 5.74) is 1.06. The van der Waals surface area contributed by atoms with E-state index < -0.39 is 23.1 Å². The molecule has 2 aromatic carbocycles. The molecule has 5 rings (SSSR count). The molecule has 0 saturated carbocycles. The van der Waals surface area contributed by atoms with E-state index in [1.165, 1.54) is 23.3 Å². The van der Waals surface area contributed by atoms with Crippen LogP contribution >= 0.6 is 0 Å². The van der Waals surface area contributed by atoms with Crippen molar-refractivity contribution in [3.63, 3.8) is 0 Å². The van der Waals surface area contributed by atoms with E-state index in [0.717, 1.165) is 6.07 Å². The monoisotopic (exact) mass is 394 g/mol. The van der Waals surface area contributed by atoms with E-state index in [1.807, 2.05) is 0 Å². The van der Waals surface area contributed by atoms with Gasteiger partial charge in [0.1, 0.15) is 23.5 Å². The minimum Gasteiger partial charge on any atom is -0.443 e. The number of nitrogens with one attached hydrogen (secondary N) is 2. The number of aryl methyl sites for hydroxylation is 1. The number of aromatic nitrogens is 5. The molecule has 0 bridgehead atoms. The lowest BCUT2D eigenvalue weighted by Gasteiger charge is -2.08. The molecular weight excluding hydrogens is 382 g/mol. The van der Waals surface area contributed by atoms with Crippen LogP contribution in [0.15, 0.2) is 47.3 Å². The molecule has 1 amide bonds. The standard InChI is InChI=1S/C19H12F2N6O2/c1-27-14-7-12(20)15(16(21)11(14)8-23-27)18(28)24-9-2-3-13-10(6-9)17(26-25-13)19-22-4-5-29-19/h2-8H,1H3,(H,24,28)(H,25,26). The van der Waals surface area contributed by atoms with Crippen LogP contribution in [0, 0.1) is 11.6 Å². The number of carbonyl (C=O) groups excluding carboxylic acids is 1. The van der Waals surface area contributed by atoms with Crippen molar-refractivity contribution >= 4 is 33.4 Å². The number of fused-ring (bicyclic) bond motifs is 2. The van der Waals surface area contributed by atoms with Crippen molar-refractivity contribution in [2.45, 2.75) is 0 Å². The molecule has 0 radical (unpaired) electrons. The first-order valence-corrected chi connectivity index (χ1v) is 8.52. The summed E-state index contributed by atoms with van der Waals surface area (Å²) < 4.78 is 35.8. The van der Waals surface area contributed by atoms with Crippen LogP contribution in [0.3, 0.4) is 0 Å². The third-order valence-corrected chi connectivity index (χ3v) is 4.63. The number of anilines is 1. The highest BCUT2D eigenvalue weighted by atomic mass is 19.1. The number of nitrogens with zero attached hydrogens (tertiary/aromatic N) is 4. The zero-order valence-electron chi connectivity index (χ0n) is 14.9. The Kier molecular flexibility index (Phi) is 3.66. The van der Waals surface area contributed by atoms with Crippen molar-refractivity contribution < 1.29 is 18.0 Å². The molecule has 29 heavy (non-hydrogen) atoms. The maximum Gasteiger partial charge on any atom is 0.261 e. The second kappa shape index (κ2) is 6.23. The van der Waals surface area contributed by atoms with Gasteiger partial charge in [0.2, 0.25) is 5.89 Å². The van der Waals surface area contributed by atoms with Gasteiger partial charge in [0.05, 0.1) is 28.8 Å². The van der Waals surface area contributed by atoms with Crippen LogP contribution in [-0.4, -0.2) is 30.9 Å². The maximum atomic E-state index is 14.8. The van der Waals surface area contributed by atoms with Crippen LogP contribution < -0.4 is 5.32 Å².